The molecule has 3 fully saturated rings. The van der Waals surface area contributed by atoms with E-state index < -0.39 is 0 Å². The maximum Gasteiger partial charge on any atom is 0.111 e. The van der Waals surface area contributed by atoms with Crippen LogP contribution in [0.4, 0.5) is 0 Å². The minimum atomic E-state index is 0.253. The molecular weight excluding hydrogens is 152 g/mol. The first-order valence-electron chi connectivity index (χ1n) is 5.02. The largest absolute Gasteiger partial charge is 0.378 e. The van der Waals surface area contributed by atoms with E-state index in [0.717, 1.165) is 13.2 Å². The summed E-state index contributed by atoms with van der Waals surface area (Å²) in [6, 6.07) is 0. The quantitative estimate of drug-likeness (QED) is 0.514. The molecule has 0 aromatic heterocycles. The van der Waals surface area contributed by atoms with Gasteiger partial charge in [0.15, 0.2) is 0 Å². The van der Waals surface area contributed by atoms with Crippen molar-refractivity contribution in [3.8, 4) is 0 Å². The number of hydrogen-bond acceptors (Lipinski definition) is 2. The van der Waals surface area contributed by atoms with Gasteiger partial charge in [0.05, 0.1) is 13.2 Å². The molecule has 1 saturated carbocycles. The van der Waals surface area contributed by atoms with Crippen molar-refractivity contribution in [3.63, 3.8) is 0 Å². The molecule has 0 N–H and O–H groups in total. The Morgan fingerprint density at radius 1 is 1.25 bits per heavy atom. The van der Waals surface area contributed by atoms with Crippen molar-refractivity contribution in [1.82, 2.24) is 0 Å². The van der Waals surface area contributed by atoms with Gasteiger partial charge in [0.1, 0.15) is 11.7 Å². The highest BCUT2D eigenvalue weighted by Gasteiger charge is 2.69. The Hall–Kier alpha value is -0.0800. The summed E-state index contributed by atoms with van der Waals surface area (Å²) in [5.41, 5.74) is 0.595. The van der Waals surface area contributed by atoms with Gasteiger partial charge in [0.2, 0.25) is 0 Å². The second-order valence-electron chi connectivity index (χ2n) is 4.78. The first kappa shape index (κ1) is 7.34. The molecule has 1 spiro atoms. The van der Waals surface area contributed by atoms with E-state index in [1.807, 2.05) is 0 Å². The Morgan fingerprint density at radius 3 is 2.92 bits per heavy atom. The van der Waals surface area contributed by atoms with Crippen LogP contribution >= 0.6 is 0 Å². The van der Waals surface area contributed by atoms with Crippen LogP contribution in [-0.4, -0.2) is 24.9 Å². The van der Waals surface area contributed by atoms with Crippen molar-refractivity contribution in [2.45, 2.75) is 44.3 Å². The molecule has 2 nitrogen and oxygen atoms in total. The summed E-state index contributed by atoms with van der Waals surface area (Å²) < 4.78 is 11.4. The molecule has 0 aromatic carbocycles. The summed E-state index contributed by atoms with van der Waals surface area (Å²) in [4.78, 5) is 0. The summed E-state index contributed by atoms with van der Waals surface area (Å²) in [6.45, 7) is 4.10. The van der Waals surface area contributed by atoms with E-state index in [9.17, 15) is 0 Å². The molecule has 3 aliphatic rings. The molecule has 1 unspecified atom stereocenters. The lowest BCUT2D eigenvalue weighted by atomic mass is 9.65. The van der Waals surface area contributed by atoms with E-state index in [-0.39, 0.29) is 5.60 Å². The first-order chi connectivity index (χ1) is 5.77. The van der Waals surface area contributed by atoms with Crippen LogP contribution in [0.15, 0.2) is 0 Å². The van der Waals surface area contributed by atoms with E-state index in [2.05, 4.69) is 6.92 Å². The predicted octanol–water partition coefficient (Wildman–Crippen LogP) is 1.73. The summed E-state index contributed by atoms with van der Waals surface area (Å²) in [7, 11) is 0. The van der Waals surface area contributed by atoms with Gasteiger partial charge in [0.25, 0.3) is 0 Å². The summed E-state index contributed by atoms with van der Waals surface area (Å²) in [6.07, 6.45) is 5.72. The molecule has 12 heavy (non-hydrogen) atoms. The molecule has 3 rings (SSSR count). The fourth-order valence-corrected chi connectivity index (χ4v) is 3.14. The van der Waals surface area contributed by atoms with E-state index in [1.165, 1.54) is 25.7 Å². The van der Waals surface area contributed by atoms with Crippen molar-refractivity contribution in [2.75, 3.05) is 13.2 Å². The summed E-state index contributed by atoms with van der Waals surface area (Å²) in [5.74, 6) is 0. The van der Waals surface area contributed by atoms with Gasteiger partial charge in [-0.05, 0) is 12.8 Å². The van der Waals surface area contributed by atoms with Crippen molar-refractivity contribution in [3.05, 3.63) is 0 Å². The van der Waals surface area contributed by atoms with Gasteiger partial charge >= 0.3 is 0 Å². The number of rotatable bonds is 0. The number of epoxide rings is 1. The second kappa shape index (κ2) is 2.05. The fourth-order valence-electron chi connectivity index (χ4n) is 3.14. The lowest BCUT2D eigenvalue weighted by Gasteiger charge is -2.42. The molecule has 68 valence electrons. The highest BCUT2D eigenvalue weighted by molar-refractivity contribution is 5.16. The highest BCUT2D eigenvalue weighted by atomic mass is 16.6. The van der Waals surface area contributed by atoms with Crippen LogP contribution in [0, 0.1) is 5.41 Å². The molecule has 0 amide bonds. The smallest absolute Gasteiger partial charge is 0.111 e. The molecule has 0 bridgehead atoms. The third-order valence-corrected chi connectivity index (χ3v) is 4.05. The highest BCUT2D eigenvalue weighted by Crippen LogP contribution is 2.60. The molecular formula is C10H16O2. The number of ether oxygens (including phenoxy) is 2. The Morgan fingerprint density at radius 2 is 2.08 bits per heavy atom. The minimum absolute atomic E-state index is 0.253. The van der Waals surface area contributed by atoms with Gasteiger partial charge in [0, 0.05) is 5.41 Å². The van der Waals surface area contributed by atoms with Crippen LogP contribution in [0.2, 0.25) is 0 Å². The first-order valence-corrected chi connectivity index (χ1v) is 5.02. The van der Waals surface area contributed by atoms with Crippen LogP contribution in [-0.2, 0) is 9.47 Å². The lowest BCUT2D eigenvalue weighted by Crippen LogP contribution is -2.48. The van der Waals surface area contributed by atoms with Gasteiger partial charge in [-0.25, -0.2) is 0 Å². The zero-order chi connectivity index (χ0) is 8.23. The van der Waals surface area contributed by atoms with E-state index >= 15 is 0 Å². The van der Waals surface area contributed by atoms with E-state index in [4.69, 9.17) is 9.47 Å². The van der Waals surface area contributed by atoms with E-state index in [1.54, 1.807) is 0 Å². The Bertz CT molecular complexity index is 205. The third kappa shape index (κ3) is 0.686. The van der Waals surface area contributed by atoms with E-state index in [0.29, 0.717) is 11.5 Å². The lowest BCUT2D eigenvalue weighted by molar-refractivity contribution is -0.0359. The average Bonchev–Trinajstić information content (AvgIpc) is 2.76. The third-order valence-electron chi connectivity index (χ3n) is 4.05. The summed E-state index contributed by atoms with van der Waals surface area (Å²) in [5, 5.41) is 0. The van der Waals surface area contributed by atoms with Crippen molar-refractivity contribution >= 4 is 0 Å². The maximum absolute atomic E-state index is 5.85. The van der Waals surface area contributed by atoms with Gasteiger partial charge in [-0.3, -0.25) is 0 Å². The SMILES string of the molecule is C[C@]12CCCC[C@@]13OC3COC2. The molecule has 1 aliphatic carbocycles. The monoisotopic (exact) mass is 168 g/mol. The van der Waals surface area contributed by atoms with Crippen LogP contribution in [0.25, 0.3) is 0 Å². The minimum Gasteiger partial charge on any atom is -0.378 e. The van der Waals surface area contributed by atoms with Crippen molar-refractivity contribution in [1.29, 1.82) is 0 Å². The van der Waals surface area contributed by atoms with Gasteiger partial charge < -0.3 is 9.47 Å². The van der Waals surface area contributed by atoms with Gasteiger partial charge in [-0.1, -0.05) is 19.8 Å². The summed E-state index contributed by atoms with van der Waals surface area (Å²) >= 11 is 0. The Kier molecular flexibility index (Phi) is 1.25. The van der Waals surface area contributed by atoms with Crippen LogP contribution < -0.4 is 0 Å². The van der Waals surface area contributed by atoms with Crippen LogP contribution in [0.3, 0.4) is 0 Å². The molecule has 2 heterocycles. The van der Waals surface area contributed by atoms with Crippen molar-refractivity contribution < 1.29 is 9.47 Å². The van der Waals surface area contributed by atoms with Gasteiger partial charge in [-0.15, -0.1) is 0 Å². The molecule has 0 radical (unpaired) electrons. The molecule has 3 atom stereocenters. The Balaban J connectivity index is 1.93. The maximum atomic E-state index is 5.85. The zero-order valence-corrected chi connectivity index (χ0v) is 7.64. The standard InChI is InChI=1S/C10H16O2/c1-9-4-2-3-5-10(9)8(12-10)6-11-7-9/h8H,2-7H2,1H3/t8?,9-,10+/m1/s1. The average molecular weight is 168 g/mol. The molecule has 2 heteroatoms. The molecule has 0 aromatic rings. The van der Waals surface area contributed by atoms with Crippen molar-refractivity contribution in [2.24, 2.45) is 5.41 Å². The zero-order valence-electron chi connectivity index (χ0n) is 7.64. The fraction of sp³-hybridized carbons (Fsp3) is 1.00. The predicted molar refractivity (Wildman–Crippen MR) is 45.0 cm³/mol. The Labute approximate surface area is 73.2 Å². The number of hydrogen-bond donors (Lipinski definition) is 0. The van der Waals surface area contributed by atoms with Crippen LogP contribution in [0.5, 0.6) is 0 Å². The normalized spacial score (nSPS) is 57.2. The van der Waals surface area contributed by atoms with Crippen LogP contribution in [0.1, 0.15) is 32.6 Å². The van der Waals surface area contributed by atoms with Gasteiger partial charge in [-0.2, -0.15) is 0 Å². The molecule has 2 saturated heterocycles. The topological polar surface area (TPSA) is 21.8 Å². The molecule has 2 aliphatic heterocycles. The second-order valence-corrected chi connectivity index (χ2v) is 4.78.